The molecule has 2 rings (SSSR count). The van der Waals surface area contributed by atoms with Gasteiger partial charge in [-0.15, -0.1) is 0 Å². The molecule has 82 valence electrons. The largest absolute Gasteiger partial charge is 0.379 e. The predicted octanol–water partition coefficient (Wildman–Crippen LogP) is 0.579. The van der Waals surface area contributed by atoms with E-state index in [2.05, 4.69) is 10.2 Å². The fourth-order valence-corrected chi connectivity index (χ4v) is 1.75. The van der Waals surface area contributed by atoms with Crippen molar-refractivity contribution in [3.05, 3.63) is 17.5 Å². The Bertz CT molecular complexity index is 355. The van der Waals surface area contributed by atoms with Gasteiger partial charge in [0.15, 0.2) is 0 Å². The van der Waals surface area contributed by atoms with Crippen molar-refractivity contribution in [2.24, 2.45) is 0 Å². The number of aromatic nitrogens is 2. The van der Waals surface area contributed by atoms with E-state index < -0.39 is 0 Å². The highest BCUT2D eigenvalue weighted by Crippen LogP contribution is 2.14. The van der Waals surface area contributed by atoms with Gasteiger partial charge in [-0.3, -0.25) is 9.89 Å². The summed E-state index contributed by atoms with van der Waals surface area (Å²) in [5.41, 5.74) is 1.45. The number of nitrogens with zero attached hydrogens (tertiary/aromatic N) is 2. The van der Waals surface area contributed by atoms with Crippen LogP contribution in [0.3, 0.4) is 0 Å². The molecular formula is C10H15N3O2. The topological polar surface area (TPSA) is 58.2 Å². The van der Waals surface area contributed by atoms with E-state index in [0.717, 1.165) is 18.7 Å². The van der Waals surface area contributed by atoms with Crippen LogP contribution in [0.2, 0.25) is 0 Å². The van der Waals surface area contributed by atoms with E-state index in [4.69, 9.17) is 4.74 Å². The van der Waals surface area contributed by atoms with E-state index in [-0.39, 0.29) is 11.9 Å². The van der Waals surface area contributed by atoms with Crippen LogP contribution < -0.4 is 0 Å². The summed E-state index contributed by atoms with van der Waals surface area (Å²) in [5.74, 6) is 0.0109. The molecule has 0 aromatic carbocycles. The van der Waals surface area contributed by atoms with Crippen LogP contribution >= 0.6 is 0 Å². The van der Waals surface area contributed by atoms with E-state index in [1.807, 2.05) is 14.0 Å². The quantitative estimate of drug-likeness (QED) is 0.775. The molecule has 1 aliphatic rings. The Morgan fingerprint density at radius 3 is 3.07 bits per heavy atom. The maximum absolute atomic E-state index is 12.0. The van der Waals surface area contributed by atoms with Crippen LogP contribution in [0.1, 0.15) is 22.5 Å². The molecule has 1 aromatic heterocycles. The molecular weight excluding hydrogens is 194 g/mol. The van der Waals surface area contributed by atoms with Crippen LogP contribution in [0.4, 0.5) is 0 Å². The van der Waals surface area contributed by atoms with Crippen molar-refractivity contribution in [3.8, 4) is 0 Å². The molecule has 0 spiro atoms. The molecule has 0 radical (unpaired) electrons. The number of nitrogens with one attached hydrogen (secondary N) is 1. The average molecular weight is 209 g/mol. The Kier molecular flexibility index (Phi) is 2.73. The van der Waals surface area contributed by atoms with Crippen molar-refractivity contribution in [2.45, 2.75) is 19.4 Å². The highest BCUT2D eigenvalue weighted by Gasteiger charge is 2.26. The number of rotatable bonds is 2. The third kappa shape index (κ3) is 1.87. The summed E-state index contributed by atoms with van der Waals surface area (Å²) < 4.78 is 5.26. The van der Waals surface area contributed by atoms with Gasteiger partial charge in [0, 0.05) is 19.3 Å². The Balaban J connectivity index is 2.10. The van der Waals surface area contributed by atoms with Gasteiger partial charge in [-0.05, 0) is 13.3 Å². The zero-order valence-corrected chi connectivity index (χ0v) is 8.99. The summed E-state index contributed by atoms with van der Waals surface area (Å²) in [6.07, 6.45) is 2.49. The van der Waals surface area contributed by atoms with Gasteiger partial charge in [0.1, 0.15) is 0 Å². The van der Waals surface area contributed by atoms with E-state index in [1.165, 1.54) is 0 Å². The summed E-state index contributed by atoms with van der Waals surface area (Å²) in [4.78, 5) is 13.8. The third-order valence-corrected chi connectivity index (χ3v) is 2.83. The molecule has 1 unspecified atom stereocenters. The first-order valence-electron chi connectivity index (χ1n) is 5.05. The first-order chi connectivity index (χ1) is 7.20. The Morgan fingerprint density at radius 2 is 2.53 bits per heavy atom. The summed E-state index contributed by atoms with van der Waals surface area (Å²) in [6, 6.07) is 0.201. The molecule has 1 atom stereocenters. The van der Waals surface area contributed by atoms with Crippen LogP contribution in [0.5, 0.6) is 0 Å². The molecule has 0 aliphatic carbocycles. The lowest BCUT2D eigenvalue weighted by Gasteiger charge is -2.22. The van der Waals surface area contributed by atoms with Crippen molar-refractivity contribution >= 4 is 5.91 Å². The summed E-state index contributed by atoms with van der Waals surface area (Å²) in [7, 11) is 1.81. The minimum absolute atomic E-state index is 0.0109. The smallest absolute Gasteiger partial charge is 0.257 e. The maximum atomic E-state index is 12.0. The number of likely N-dealkylation sites (N-methyl/N-ethyl adjacent to an activating group) is 1. The Hall–Kier alpha value is -1.36. The zero-order valence-electron chi connectivity index (χ0n) is 8.99. The van der Waals surface area contributed by atoms with Gasteiger partial charge in [0.2, 0.25) is 0 Å². The molecule has 1 fully saturated rings. The van der Waals surface area contributed by atoms with Crippen LogP contribution in [-0.2, 0) is 4.74 Å². The first-order valence-corrected chi connectivity index (χ1v) is 5.05. The normalized spacial score (nSPS) is 20.5. The number of H-pyrrole nitrogens is 1. The van der Waals surface area contributed by atoms with Crippen LogP contribution in [0.15, 0.2) is 6.20 Å². The van der Waals surface area contributed by atoms with E-state index in [9.17, 15) is 4.79 Å². The zero-order chi connectivity index (χ0) is 10.8. The molecule has 1 saturated heterocycles. The fraction of sp³-hybridized carbons (Fsp3) is 0.600. The molecule has 1 aliphatic heterocycles. The van der Waals surface area contributed by atoms with E-state index in [1.54, 1.807) is 11.1 Å². The molecule has 1 aromatic rings. The van der Waals surface area contributed by atoms with Crippen LogP contribution in [-0.4, -0.2) is 47.3 Å². The van der Waals surface area contributed by atoms with Gasteiger partial charge in [0.05, 0.1) is 24.4 Å². The number of aryl methyl sites for hydroxylation is 1. The van der Waals surface area contributed by atoms with Crippen LogP contribution in [0, 0.1) is 6.92 Å². The monoisotopic (exact) mass is 209 g/mol. The molecule has 0 saturated carbocycles. The summed E-state index contributed by atoms with van der Waals surface area (Å²) in [5, 5.41) is 6.61. The second-order valence-electron chi connectivity index (χ2n) is 3.84. The number of ether oxygens (including phenoxy) is 1. The molecule has 1 N–H and O–H groups in total. The molecule has 5 nitrogen and oxygen atoms in total. The fourth-order valence-electron chi connectivity index (χ4n) is 1.75. The Morgan fingerprint density at radius 1 is 1.73 bits per heavy atom. The number of carbonyl (C=O) groups excluding carboxylic acids is 1. The molecule has 5 heteroatoms. The lowest BCUT2D eigenvalue weighted by molar-refractivity contribution is 0.0710. The SMILES string of the molecule is Cc1[nH]ncc1C(=O)N(C)C1CCOC1. The third-order valence-electron chi connectivity index (χ3n) is 2.83. The number of hydrogen-bond donors (Lipinski definition) is 1. The van der Waals surface area contributed by atoms with Crippen molar-refractivity contribution in [1.29, 1.82) is 0 Å². The molecule has 1 amide bonds. The average Bonchev–Trinajstić information content (AvgIpc) is 2.85. The second kappa shape index (κ2) is 4.02. The molecule has 2 heterocycles. The van der Waals surface area contributed by atoms with Crippen molar-refractivity contribution in [3.63, 3.8) is 0 Å². The first kappa shape index (κ1) is 10.2. The minimum Gasteiger partial charge on any atom is -0.379 e. The number of carbonyl (C=O) groups is 1. The van der Waals surface area contributed by atoms with Crippen molar-refractivity contribution in [1.82, 2.24) is 15.1 Å². The van der Waals surface area contributed by atoms with Gasteiger partial charge >= 0.3 is 0 Å². The standard InChI is InChI=1S/C10H15N3O2/c1-7-9(5-11-12-7)10(14)13(2)8-3-4-15-6-8/h5,8H,3-4,6H2,1-2H3,(H,11,12). The molecule has 0 bridgehead atoms. The van der Waals surface area contributed by atoms with Crippen molar-refractivity contribution in [2.75, 3.05) is 20.3 Å². The van der Waals surface area contributed by atoms with E-state index in [0.29, 0.717) is 12.2 Å². The van der Waals surface area contributed by atoms with E-state index >= 15 is 0 Å². The summed E-state index contributed by atoms with van der Waals surface area (Å²) in [6.45, 7) is 3.23. The lowest BCUT2D eigenvalue weighted by Crippen LogP contribution is -2.37. The number of aromatic amines is 1. The minimum atomic E-state index is 0.0109. The van der Waals surface area contributed by atoms with Gasteiger partial charge < -0.3 is 9.64 Å². The predicted molar refractivity (Wildman–Crippen MR) is 54.6 cm³/mol. The highest BCUT2D eigenvalue weighted by molar-refractivity contribution is 5.95. The lowest BCUT2D eigenvalue weighted by atomic mass is 10.2. The van der Waals surface area contributed by atoms with Gasteiger partial charge in [-0.2, -0.15) is 5.10 Å². The second-order valence-corrected chi connectivity index (χ2v) is 3.84. The highest BCUT2D eigenvalue weighted by atomic mass is 16.5. The summed E-state index contributed by atoms with van der Waals surface area (Å²) >= 11 is 0. The van der Waals surface area contributed by atoms with Crippen molar-refractivity contribution < 1.29 is 9.53 Å². The maximum Gasteiger partial charge on any atom is 0.257 e. The Labute approximate surface area is 88.4 Å². The van der Waals surface area contributed by atoms with Gasteiger partial charge in [0.25, 0.3) is 5.91 Å². The number of amides is 1. The van der Waals surface area contributed by atoms with Gasteiger partial charge in [-0.1, -0.05) is 0 Å². The van der Waals surface area contributed by atoms with Gasteiger partial charge in [-0.25, -0.2) is 0 Å². The van der Waals surface area contributed by atoms with Crippen LogP contribution in [0.25, 0.3) is 0 Å². The number of hydrogen-bond acceptors (Lipinski definition) is 3. The molecule has 15 heavy (non-hydrogen) atoms.